The van der Waals surface area contributed by atoms with Gasteiger partial charge in [0.25, 0.3) is 5.69 Å². The highest BCUT2D eigenvalue weighted by atomic mass is 19.2. The number of nitrogens with zero attached hydrogens (tertiary/aromatic N) is 1. The van der Waals surface area contributed by atoms with Crippen LogP contribution >= 0.6 is 0 Å². The van der Waals surface area contributed by atoms with Gasteiger partial charge >= 0.3 is 0 Å². The average molecular weight is 260 g/mol. The molecule has 0 radical (unpaired) electrons. The van der Waals surface area contributed by atoms with Crippen LogP contribution in [-0.2, 0) is 0 Å². The quantitative estimate of drug-likeness (QED) is 0.629. The summed E-state index contributed by atoms with van der Waals surface area (Å²) in [5.74, 6) is -2.45. The van der Waals surface area contributed by atoms with Gasteiger partial charge in [0.1, 0.15) is 0 Å². The summed E-state index contributed by atoms with van der Waals surface area (Å²) in [7, 11) is 0. The van der Waals surface area contributed by atoms with Gasteiger partial charge in [-0.3, -0.25) is 10.1 Å². The van der Waals surface area contributed by atoms with Crippen LogP contribution in [0.15, 0.2) is 12.1 Å². The van der Waals surface area contributed by atoms with Crippen LogP contribution in [0.3, 0.4) is 0 Å². The molecule has 0 saturated carbocycles. The Kier molecular flexibility index (Phi) is 4.55. The number of hydrogen-bond donors (Lipinski definition) is 2. The van der Waals surface area contributed by atoms with E-state index >= 15 is 0 Å². The first kappa shape index (κ1) is 14.3. The number of aliphatic hydroxyl groups is 1. The summed E-state index contributed by atoms with van der Waals surface area (Å²) in [6.07, 6.45) is -0.393. The molecule has 0 saturated heterocycles. The summed E-state index contributed by atoms with van der Waals surface area (Å²) in [5, 5.41) is 22.4. The summed E-state index contributed by atoms with van der Waals surface area (Å²) in [5.41, 5.74) is -1.03. The van der Waals surface area contributed by atoms with E-state index in [0.29, 0.717) is 6.07 Å². The molecule has 0 spiro atoms. The van der Waals surface area contributed by atoms with E-state index in [4.69, 9.17) is 5.11 Å². The molecule has 2 N–H and O–H groups in total. The smallest absolute Gasteiger partial charge is 0.295 e. The Morgan fingerprint density at radius 2 is 2.06 bits per heavy atom. The molecule has 18 heavy (non-hydrogen) atoms. The number of nitrogens with one attached hydrogen (secondary N) is 1. The Bertz CT molecular complexity index is 452. The monoisotopic (exact) mass is 260 g/mol. The number of aliphatic hydroxyl groups excluding tert-OH is 1. The maximum atomic E-state index is 13.5. The minimum absolute atomic E-state index is 0.257. The van der Waals surface area contributed by atoms with Crippen molar-refractivity contribution in [1.29, 1.82) is 0 Å². The molecule has 0 fully saturated rings. The third-order valence-corrected chi connectivity index (χ3v) is 2.35. The van der Waals surface area contributed by atoms with Crippen molar-refractivity contribution < 1.29 is 18.8 Å². The van der Waals surface area contributed by atoms with E-state index in [-0.39, 0.29) is 6.42 Å². The Morgan fingerprint density at radius 3 is 2.56 bits per heavy atom. The SMILES string of the molecule is CC(O)CC(C)Nc1c([N+](=O)[O-])ccc(F)c1F. The molecule has 0 aliphatic carbocycles. The largest absolute Gasteiger partial charge is 0.393 e. The second-order valence-corrected chi connectivity index (χ2v) is 4.14. The van der Waals surface area contributed by atoms with Crippen molar-refractivity contribution in [2.45, 2.75) is 32.4 Å². The van der Waals surface area contributed by atoms with Gasteiger partial charge in [0.15, 0.2) is 17.3 Å². The molecule has 2 unspecified atom stereocenters. The third kappa shape index (κ3) is 3.36. The third-order valence-electron chi connectivity index (χ3n) is 2.35. The van der Waals surface area contributed by atoms with Crippen molar-refractivity contribution >= 4 is 11.4 Å². The zero-order chi connectivity index (χ0) is 13.9. The number of benzene rings is 1. The number of anilines is 1. The van der Waals surface area contributed by atoms with E-state index in [9.17, 15) is 18.9 Å². The van der Waals surface area contributed by atoms with Gasteiger partial charge in [0.2, 0.25) is 0 Å². The molecule has 2 atom stereocenters. The molecule has 0 aliphatic rings. The summed E-state index contributed by atoms with van der Waals surface area (Å²) in [4.78, 5) is 9.92. The lowest BCUT2D eigenvalue weighted by molar-refractivity contribution is -0.384. The molecule has 0 heterocycles. The van der Waals surface area contributed by atoms with Crippen molar-refractivity contribution in [2.75, 3.05) is 5.32 Å². The lowest BCUT2D eigenvalue weighted by atomic mass is 10.1. The van der Waals surface area contributed by atoms with Gasteiger partial charge in [-0.05, 0) is 26.3 Å². The summed E-state index contributed by atoms with van der Waals surface area (Å²) < 4.78 is 26.6. The van der Waals surface area contributed by atoms with Crippen molar-refractivity contribution in [2.24, 2.45) is 0 Å². The van der Waals surface area contributed by atoms with Gasteiger partial charge in [-0.2, -0.15) is 0 Å². The first-order valence-corrected chi connectivity index (χ1v) is 5.40. The highest BCUT2D eigenvalue weighted by Crippen LogP contribution is 2.30. The maximum absolute atomic E-state index is 13.5. The minimum atomic E-state index is -1.29. The van der Waals surface area contributed by atoms with Crippen molar-refractivity contribution in [1.82, 2.24) is 0 Å². The molecule has 0 aliphatic heterocycles. The molecule has 5 nitrogen and oxygen atoms in total. The Hall–Kier alpha value is -1.76. The zero-order valence-corrected chi connectivity index (χ0v) is 9.98. The minimum Gasteiger partial charge on any atom is -0.393 e. The average Bonchev–Trinajstić information content (AvgIpc) is 2.23. The van der Waals surface area contributed by atoms with E-state index in [1.807, 2.05) is 0 Å². The number of nitro groups is 1. The van der Waals surface area contributed by atoms with E-state index in [0.717, 1.165) is 6.07 Å². The van der Waals surface area contributed by atoms with Gasteiger partial charge in [-0.25, -0.2) is 8.78 Å². The first-order chi connectivity index (χ1) is 8.32. The van der Waals surface area contributed by atoms with Gasteiger partial charge < -0.3 is 10.4 Å². The Morgan fingerprint density at radius 1 is 1.44 bits per heavy atom. The van der Waals surface area contributed by atoms with Crippen molar-refractivity contribution in [3.63, 3.8) is 0 Å². The molecule has 1 rings (SSSR count). The van der Waals surface area contributed by atoms with Crippen LogP contribution in [0.25, 0.3) is 0 Å². The predicted octanol–water partition coefficient (Wildman–Crippen LogP) is 2.44. The standard InChI is InChI=1S/C11H14F2N2O3/c1-6(5-7(2)16)14-11-9(15(17)18)4-3-8(12)10(11)13/h3-4,6-7,14,16H,5H2,1-2H3. The van der Waals surface area contributed by atoms with Crippen LogP contribution in [0.2, 0.25) is 0 Å². The van der Waals surface area contributed by atoms with E-state index in [1.165, 1.54) is 6.92 Å². The van der Waals surface area contributed by atoms with Crippen LogP contribution < -0.4 is 5.32 Å². The summed E-state index contributed by atoms with van der Waals surface area (Å²) in [6.45, 7) is 3.15. The van der Waals surface area contributed by atoms with Gasteiger partial charge in [0, 0.05) is 12.1 Å². The lowest BCUT2D eigenvalue weighted by Gasteiger charge is -2.17. The molecule has 1 aromatic carbocycles. The summed E-state index contributed by atoms with van der Waals surface area (Å²) in [6, 6.07) is 1.17. The fourth-order valence-electron chi connectivity index (χ4n) is 1.65. The lowest BCUT2D eigenvalue weighted by Crippen LogP contribution is -2.22. The Labute approximate surface area is 103 Å². The van der Waals surface area contributed by atoms with Gasteiger partial charge in [0.05, 0.1) is 11.0 Å². The van der Waals surface area contributed by atoms with Crippen LogP contribution in [0.5, 0.6) is 0 Å². The summed E-state index contributed by atoms with van der Waals surface area (Å²) >= 11 is 0. The number of nitro benzene ring substituents is 1. The maximum Gasteiger partial charge on any atom is 0.295 e. The van der Waals surface area contributed by atoms with Crippen molar-refractivity contribution in [3.05, 3.63) is 33.9 Å². The fourth-order valence-corrected chi connectivity index (χ4v) is 1.65. The van der Waals surface area contributed by atoms with E-state index in [2.05, 4.69) is 5.32 Å². The molecule has 1 aromatic rings. The molecule has 0 aromatic heterocycles. The van der Waals surface area contributed by atoms with Crippen LogP contribution in [0.1, 0.15) is 20.3 Å². The number of halogens is 2. The number of rotatable bonds is 5. The molecule has 100 valence electrons. The first-order valence-electron chi connectivity index (χ1n) is 5.40. The second-order valence-electron chi connectivity index (χ2n) is 4.14. The highest BCUT2D eigenvalue weighted by Gasteiger charge is 2.23. The molecule has 0 bridgehead atoms. The topological polar surface area (TPSA) is 75.4 Å². The predicted molar refractivity (Wildman–Crippen MR) is 62.4 cm³/mol. The molecule has 7 heteroatoms. The number of hydrogen-bond acceptors (Lipinski definition) is 4. The second kappa shape index (κ2) is 5.72. The normalized spacial score (nSPS) is 14.1. The van der Waals surface area contributed by atoms with Crippen LogP contribution in [0, 0.1) is 21.7 Å². The zero-order valence-electron chi connectivity index (χ0n) is 9.98. The van der Waals surface area contributed by atoms with Gasteiger partial charge in [-0.1, -0.05) is 0 Å². The highest BCUT2D eigenvalue weighted by molar-refractivity contribution is 5.62. The van der Waals surface area contributed by atoms with E-state index < -0.39 is 40.1 Å². The van der Waals surface area contributed by atoms with Crippen LogP contribution in [0.4, 0.5) is 20.2 Å². The fraction of sp³-hybridized carbons (Fsp3) is 0.455. The van der Waals surface area contributed by atoms with E-state index in [1.54, 1.807) is 6.92 Å². The van der Waals surface area contributed by atoms with Crippen LogP contribution in [-0.4, -0.2) is 22.2 Å². The van der Waals surface area contributed by atoms with Gasteiger partial charge in [-0.15, -0.1) is 0 Å². The Balaban J connectivity index is 3.05. The molecular weight excluding hydrogens is 246 g/mol. The molecule has 0 amide bonds. The molecular formula is C11H14F2N2O3. The van der Waals surface area contributed by atoms with Crippen molar-refractivity contribution in [3.8, 4) is 0 Å².